The van der Waals surface area contributed by atoms with E-state index in [1.807, 2.05) is 6.92 Å². The van der Waals surface area contributed by atoms with Crippen molar-refractivity contribution in [1.29, 1.82) is 0 Å². The van der Waals surface area contributed by atoms with Crippen LogP contribution in [0, 0.1) is 0 Å². The van der Waals surface area contributed by atoms with Crippen LogP contribution in [0.15, 0.2) is 0 Å². The summed E-state index contributed by atoms with van der Waals surface area (Å²) in [6.07, 6.45) is 2.61. The van der Waals surface area contributed by atoms with Crippen LogP contribution in [0.4, 0.5) is 0 Å². The molecular weight excluding hydrogens is 167 g/mol. The Bertz CT molecular complexity index is 83.3. The van der Waals surface area contributed by atoms with Crippen LogP contribution < -0.4 is 29.6 Å². The van der Waals surface area contributed by atoms with E-state index in [4.69, 9.17) is 13.3 Å². The summed E-state index contributed by atoms with van der Waals surface area (Å²) in [6, 6.07) is 0. The Morgan fingerprint density at radius 3 is 2.00 bits per heavy atom. The van der Waals surface area contributed by atoms with Crippen molar-refractivity contribution in [2.45, 2.75) is 19.8 Å². The summed E-state index contributed by atoms with van der Waals surface area (Å²) in [5.74, 6) is 0. The summed E-state index contributed by atoms with van der Waals surface area (Å²) in [5.41, 5.74) is 0. The molecule has 0 heterocycles. The van der Waals surface area contributed by atoms with E-state index >= 15 is 0 Å². The predicted octanol–water partition coefficient (Wildman–Crippen LogP) is -2.67. The Morgan fingerprint density at radius 1 is 1.70 bits per heavy atom. The predicted molar refractivity (Wildman–Crippen MR) is 32.5 cm³/mol. The number of hydrogen-bond donors (Lipinski definition) is 1. The molecule has 0 aromatic rings. The van der Waals surface area contributed by atoms with Crippen LogP contribution in [0.3, 0.4) is 0 Å². The van der Waals surface area contributed by atoms with E-state index in [1.54, 1.807) is 0 Å². The first-order valence-electron chi connectivity index (χ1n) is 2.37. The fourth-order valence-electron chi connectivity index (χ4n) is 0.118. The summed E-state index contributed by atoms with van der Waals surface area (Å²) in [4.78, 5) is 9.40. The number of carbonyl (C=O) groups is 1. The van der Waals surface area contributed by atoms with Gasteiger partial charge in [-0.25, -0.2) is 4.21 Å². The quantitative estimate of drug-likeness (QED) is 0.283. The van der Waals surface area contributed by atoms with Gasteiger partial charge in [0.25, 0.3) is 0 Å². The molecule has 0 radical (unpaired) electrons. The van der Waals surface area contributed by atoms with Crippen LogP contribution in [-0.4, -0.2) is 19.6 Å². The van der Waals surface area contributed by atoms with Crippen molar-refractivity contribution in [3.8, 4) is 0 Å². The van der Waals surface area contributed by atoms with Gasteiger partial charge in [0, 0.05) is 6.42 Å². The van der Waals surface area contributed by atoms with Crippen LogP contribution in [0.2, 0.25) is 0 Å². The van der Waals surface area contributed by atoms with Crippen molar-refractivity contribution in [2.75, 3.05) is 0 Å². The topological polar surface area (TPSA) is 77.4 Å². The smallest absolute Gasteiger partial charge is 0.750 e. The van der Waals surface area contributed by atoms with E-state index in [9.17, 15) is 4.79 Å². The minimum Gasteiger partial charge on any atom is -0.750 e. The average molecular weight is 176 g/mol. The van der Waals surface area contributed by atoms with E-state index in [1.165, 1.54) is 0 Å². The summed E-state index contributed by atoms with van der Waals surface area (Å²) >= 11 is -2.86. The summed E-state index contributed by atoms with van der Waals surface area (Å²) in [6.45, 7) is 1.98. The standard InChI is InChI=1S/C4H8O.Na.H2O3S/c1-2-3-4-5;;1-4(2)3/h4H,2-3H2,1H3;;(H2,1,2,3)/q;+1;/p-1. The van der Waals surface area contributed by atoms with Gasteiger partial charge in [0.1, 0.15) is 6.29 Å². The van der Waals surface area contributed by atoms with Gasteiger partial charge in [-0.1, -0.05) is 6.92 Å². The van der Waals surface area contributed by atoms with E-state index < -0.39 is 11.4 Å². The van der Waals surface area contributed by atoms with Crippen molar-refractivity contribution < 1.29 is 47.7 Å². The molecule has 0 aromatic carbocycles. The number of unbranched alkanes of at least 4 members (excludes halogenated alkanes) is 1. The fourth-order valence-corrected chi connectivity index (χ4v) is 0.118. The minimum atomic E-state index is -2.86. The second-order valence-corrected chi connectivity index (χ2v) is 1.61. The Kier molecular flexibility index (Phi) is 27.9. The number of carbonyl (C=O) groups excluding carboxylic acids is 1. The second-order valence-electron chi connectivity index (χ2n) is 1.17. The van der Waals surface area contributed by atoms with Gasteiger partial charge in [0.15, 0.2) is 0 Å². The molecule has 0 aliphatic carbocycles. The third kappa shape index (κ3) is 69.7. The zero-order chi connectivity index (χ0) is 7.70. The summed E-state index contributed by atoms with van der Waals surface area (Å²) in [7, 11) is 0. The first-order chi connectivity index (χ1) is 4.15. The molecule has 10 heavy (non-hydrogen) atoms. The van der Waals surface area contributed by atoms with E-state index in [-0.39, 0.29) is 29.6 Å². The molecule has 0 saturated carbocycles. The molecule has 0 aliphatic heterocycles. The molecular formula is C4H9NaO4S. The Balaban J connectivity index is -0.0000000910. The average Bonchev–Trinajstić information content (AvgIpc) is 1.66. The number of hydrogen-bond acceptors (Lipinski definition) is 3. The SMILES string of the molecule is CCCC=O.O=S([O-])O.[Na+]. The molecule has 1 unspecified atom stereocenters. The van der Waals surface area contributed by atoms with Crippen LogP contribution >= 0.6 is 0 Å². The minimum absolute atomic E-state index is 0. The van der Waals surface area contributed by atoms with Crippen LogP contribution in [0.25, 0.3) is 0 Å². The van der Waals surface area contributed by atoms with Gasteiger partial charge in [0.05, 0.1) is 11.4 Å². The van der Waals surface area contributed by atoms with E-state index in [0.717, 1.165) is 12.7 Å². The molecule has 6 heteroatoms. The molecule has 0 aromatic heterocycles. The van der Waals surface area contributed by atoms with Crippen molar-refractivity contribution in [1.82, 2.24) is 0 Å². The molecule has 0 saturated heterocycles. The van der Waals surface area contributed by atoms with Crippen LogP contribution in [0.5, 0.6) is 0 Å². The molecule has 0 fully saturated rings. The van der Waals surface area contributed by atoms with E-state index in [2.05, 4.69) is 0 Å². The molecule has 0 aliphatic rings. The zero-order valence-electron chi connectivity index (χ0n) is 6.07. The van der Waals surface area contributed by atoms with Crippen molar-refractivity contribution in [2.24, 2.45) is 0 Å². The molecule has 0 bridgehead atoms. The molecule has 0 spiro atoms. The van der Waals surface area contributed by atoms with Crippen molar-refractivity contribution >= 4 is 17.6 Å². The first kappa shape index (κ1) is 17.0. The van der Waals surface area contributed by atoms with Gasteiger partial charge < -0.3 is 13.9 Å². The molecule has 56 valence electrons. The van der Waals surface area contributed by atoms with Gasteiger partial charge >= 0.3 is 29.6 Å². The molecule has 1 N–H and O–H groups in total. The maximum Gasteiger partial charge on any atom is 1.00 e. The van der Waals surface area contributed by atoms with Crippen molar-refractivity contribution in [3.05, 3.63) is 0 Å². The Hall–Kier alpha value is 0.740. The third-order valence-electron chi connectivity index (χ3n) is 0.407. The van der Waals surface area contributed by atoms with Crippen LogP contribution in [0.1, 0.15) is 19.8 Å². The maximum absolute atomic E-state index is 9.40. The molecule has 4 nitrogen and oxygen atoms in total. The van der Waals surface area contributed by atoms with E-state index in [0.29, 0.717) is 6.42 Å². The fraction of sp³-hybridized carbons (Fsp3) is 0.750. The van der Waals surface area contributed by atoms with Crippen LogP contribution in [-0.2, 0) is 16.2 Å². The normalized spacial score (nSPS) is 9.90. The van der Waals surface area contributed by atoms with Gasteiger partial charge in [-0.3, -0.25) is 0 Å². The molecule has 1 atom stereocenters. The first-order valence-corrected chi connectivity index (χ1v) is 3.40. The van der Waals surface area contributed by atoms with Crippen molar-refractivity contribution in [3.63, 3.8) is 0 Å². The van der Waals surface area contributed by atoms with Gasteiger partial charge in [-0.15, -0.1) is 0 Å². The maximum atomic E-state index is 9.40. The molecule has 0 rings (SSSR count). The molecule has 0 amide bonds. The monoisotopic (exact) mass is 176 g/mol. The summed E-state index contributed by atoms with van der Waals surface area (Å²) < 4.78 is 24.1. The largest absolute Gasteiger partial charge is 1.00 e. The zero-order valence-corrected chi connectivity index (χ0v) is 8.89. The Morgan fingerprint density at radius 2 is 2.00 bits per heavy atom. The number of rotatable bonds is 2. The summed E-state index contributed by atoms with van der Waals surface area (Å²) in [5, 5.41) is 0. The van der Waals surface area contributed by atoms with Gasteiger partial charge in [0.2, 0.25) is 0 Å². The third-order valence-corrected chi connectivity index (χ3v) is 0.407. The van der Waals surface area contributed by atoms with Gasteiger partial charge in [-0.2, -0.15) is 0 Å². The second kappa shape index (κ2) is 16.4. The Labute approximate surface area is 84.8 Å². The number of aldehydes is 1. The van der Waals surface area contributed by atoms with Gasteiger partial charge in [-0.05, 0) is 6.42 Å².